The monoisotopic (exact) mass is 563 g/mol. The summed E-state index contributed by atoms with van der Waals surface area (Å²) in [6, 6.07) is 5.42. The number of methoxy groups -OCH3 is 1. The van der Waals surface area contributed by atoms with E-state index in [0.29, 0.717) is 51.5 Å². The van der Waals surface area contributed by atoms with Gasteiger partial charge in [-0.25, -0.2) is 4.79 Å². The van der Waals surface area contributed by atoms with E-state index in [1.165, 1.54) is 5.56 Å². The summed E-state index contributed by atoms with van der Waals surface area (Å²) in [5, 5.41) is 11.1. The third-order valence-corrected chi connectivity index (χ3v) is 8.15. The van der Waals surface area contributed by atoms with E-state index in [2.05, 4.69) is 32.0 Å². The van der Waals surface area contributed by atoms with Crippen LogP contribution in [0, 0.1) is 30.6 Å². The molecule has 9 heteroatoms. The molecule has 0 bridgehead atoms. The molecule has 0 radical (unpaired) electrons. The standard InChI is InChI=1S/C31H53N3O6/c1-20(2)24(16-23-9-8-22(5)29(17-23)39-15-7-14-38-6)18-27(32)28(35)19-26(21(3)4)30(36)40-25-10-12-34(13-11-25)31(33)37/h8-9,17,20-21,24-28,35H,7,10-16,18-19,32H2,1-6H3,(H2,33,37). The summed E-state index contributed by atoms with van der Waals surface area (Å²) in [7, 11) is 1.69. The van der Waals surface area contributed by atoms with Gasteiger partial charge in [-0.2, -0.15) is 0 Å². The largest absolute Gasteiger partial charge is 0.493 e. The highest BCUT2D eigenvalue weighted by Gasteiger charge is 2.33. The van der Waals surface area contributed by atoms with Crippen LogP contribution in [-0.2, 0) is 20.7 Å². The molecule has 0 saturated carbocycles. The van der Waals surface area contributed by atoms with Crippen molar-refractivity contribution in [1.82, 2.24) is 4.90 Å². The van der Waals surface area contributed by atoms with Gasteiger partial charge in [0.15, 0.2) is 0 Å². The number of hydrogen-bond acceptors (Lipinski definition) is 7. The van der Waals surface area contributed by atoms with Crippen LogP contribution in [0.25, 0.3) is 0 Å². The van der Waals surface area contributed by atoms with Gasteiger partial charge in [-0.15, -0.1) is 0 Å². The fraction of sp³-hybridized carbons (Fsp3) is 0.742. The van der Waals surface area contributed by atoms with Gasteiger partial charge in [0, 0.05) is 52.1 Å². The number of aliphatic hydroxyl groups is 1. The number of benzene rings is 1. The summed E-state index contributed by atoms with van der Waals surface area (Å²) >= 11 is 0. The maximum Gasteiger partial charge on any atom is 0.314 e. The number of hydrogen-bond donors (Lipinski definition) is 3. The first kappa shape index (κ1) is 33.8. The second kappa shape index (κ2) is 16.8. The first-order valence-corrected chi connectivity index (χ1v) is 14.8. The summed E-state index contributed by atoms with van der Waals surface area (Å²) in [6.07, 6.45) is 2.62. The number of aryl methyl sites for hydroxylation is 1. The van der Waals surface area contributed by atoms with Crippen LogP contribution in [0.2, 0.25) is 0 Å². The number of nitrogens with two attached hydrogens (primary N) is 2. The van der Waals surface area contributed by atoms with Crippen molar-refractivity contribution in [3.05, 3.63) is 29.3 Å². The molecule has 0 aliphatic carbocycles. The Hall–Kier alpha value is -2.36. The molecule has 1 saturated heterocycles. The molecule has 4 unspecified atom stereocenters. The highest BCUT2D eigenvalue weighted by molar-refractivity contribution is 5.73. The van der Waals surface area contributed by atoms with Crippen LogP contribution in [0.5, 0.6) is 5.75 Å². The number of nitrogens with zero attached hydrogens (tertiary/aromatic N) is 1. The van der Waals surface area contributed by atoms with E-state index in [1.807, 2.05) is 20.8 Å². The molecule has 40 heavy (non-hydrogen) atoms. The lowest BCUT2D eigenvalue weighted by molar-refractivity contribution is -0.159. The minimum Gasteiger partial charge on any atom is -0.493 e. The van der Waals surface area contributed by atoms with E-state index in [0.717, 1.165) is 24.2 Å². The number of carbonyl (C=O) groups excluding carboxylic acids is 2. The molecule has 1 aliphatic heterocycles. The van der Waals surface area contributed by atoms with E-state index in [1.54, 1.807) is 12.0 Å². The molecule has 4 atom stereocenters. The second-order valence-electron chi connectivity index (χ2n) is 12.0. The van der Waals surface area contributed by atoms with E-state index < -0.39 is 24.1 Å². The number of piperidine rings is 1. The lowest BCUT2D eigenvalue weighted by Crippen LogP contribution is -2.45. The fourth-order valence-corrected chi connectivity index (χ4v) is 5.23. The Morgan fingerprint density at radius 1 is 1.07 bits per heavy atom. The van der Waals surface area contributed by atoms with E-state index in [4.69, 9.17) is 25.7 Å². The molecule has 5 N–H and O–H groups in total. The van der Waals surface area contributed by atoms with Crippen molar-refractivity contribution in [3.8, 4) is 5.75 Å². The minimum absolute atomic E-state index is 0.00387. The SMILES string of the molecule is COCCCOc1cc(CC(CC(N)C(O)CC(C(=O)OC2CCN(C(N)=O)CC2)C(C)C)C(C)C)ccc1C. The molecule has 2 rings (SSSR count). The zero-order valence-electron chi connectivity index (χ0n) is 25.4. The van der Waals surface area contributed by atoms with Gasteiger partial charge in [0.1, 0.15) is 11.9 Å². The van der Waals surface area contributed by atoms with Crippen LogP contribution in [0.3, 0.4) is 0 Å². The summed E-state index contributed by atoms with van der Waals surface area (Å²) in [5.41, 5.74) is 14.2. The van der Waals surface area contributed by atoms with Crippen LogP contribution in [0.15, 0.2) is 18.2 Å². The molecule has 0 spiro atoms. The van der Waals surface area contributed by atoms with E-state index >= 15 is 0 Å². The molecular formula is C31H53N3O6. The number of rotatable bonds is 16. The van der Waals surface area contributed by atoms with Crippen molar-refractivity contribution in [2.75, 3.05) is 33.4 Å². The summed E-state index contributed by atoms with van der Waals surface area (Å²) in [5.74, 6) is 0.741. The van der Waals surface area contributed by atoms with Crippen molar-refractivity contribution >= 4 is 12.0 Å². The predicted molar refractivity (Wildman–Crippen MR) is 157 cm³/mol. The third-order valence-electron chi connectivity index (χ3n) is 8.15. The second-order valence-corrected chi connectivity index (χ2v) is 12.0. The number of aliphatic hydroxyl groups excluding tert-OH is 1. The molecule has 0 aromatic heterocycles. The lowest BCUT2D eigenvalue weighted by Gasteiger charge is -2.33. The molecule has 2 amide bonds. The van der Waals surface area contributed by atoms with Crippen LogP contribution in [0.1, 0.15) is 70.9 Å². The first-order valence-electron chi connectivity index (χ1n) is 14.8. The van der Waals surface area contributed by atoms with Crippen LogP contribution in [0.4, 0.5) is 4.79 Å². The van der Waals surface area contributed by atoms with Crippen LogP contribution in [-0.4, -0.2) is 73.7 Å². The van der Waals surface area contributed by atoms with Gasteiger partial charge >= 0.3 is 12.0 Å². The zero-order valence-corrected chi connectivity index (χ0v) is 25.4. The van der Waals surface area contributed by atoms with Gasteiger partial charge < -0.3 is 35.7 Å². The van der Waals surface area contributed by atoms with E-state index in [-0.39, 0.29) is 30.3 Å². The van der Waals surface area contributed by atoms with Gasteiger partial charge in [-0.3, -0.25) is 4.79 Å². The van der Waals surface area contributed by atoms with Gasteiger partial charge in [0.25, 0.3) is 0 Å². The molecular weight excluding hydrogens is 510 g/mol. The Morgan fingerprint density at radius 3 is 2.33 bits per heavy atom. The minimum atomic E-state index is -0.824. The first-order chi connectivity index (χ1) is 18.9. The predicted octanol–water partition coefficient (Wildman–Crippen LogP) is 4.05. The van der Waals surface area contributed by atoms with Crippen molar-refractivity contribution in [3.63, 3.8) is 0 Å². The highest BCUT2D eigenvalue weighted by atomic mass is 16.5. The smallest absolute Gasteiger partial charge is 0.314 e. The number of ether oxygens (including phenoxy) is 3. The van der Waals surface area contributed by atoms with Gasteiger partial charge in [-0.1, -0.05) is 39.8 Å². The maximum absolute atomic E-state index is 13.1. The molecule has 1 fully saturated rings. The molecule has 1 heterocycles. The number of likely N-dealkylation sites (tertiary alicyclic amines) is 1. The van der Waals surface area contributed by atoms with Gasteiger partial charge in [-0.05, 0) is 61.1 Å². The van der Waals surface area contributed by atoms with E-state index in [9.17, 15) is 14.7 Å². The van der Waals surface area contributed by atoms with Gasteiger partial charge in [0.2, 0.25) is 0 Å². The Morgan fingerprint density at radius 2 is 1.75 bits per heavy atom. The molecule has 9 nitrogen and oxygen atoms in total. The average Bonchev–Trinajstić information content (AvgIpc) is 2.90. The lowest BCUT2D eigenvalue weighted by atomic mass is 9.81. The number of primary amides is 1. The maximum atomic E-state index is 13.1. The molecule has 1 aliphatic rings. The number of urea groups is 1. The highest BCUT2D eigenvalue weighted by Crippen LogP contribution is 2.29. The third kappa shape index (κ3) is 10.9. The summed E-state index contributed by atoms with van der Waals surface area (Å²) in [6.45, 7) is 12.6. The number of carbonyl (C=O) groups is 2. The van der Waals surface area contributed by atoms with Crippen molar-refractivity contribution < 1.29 is 28.9 Å². The zero-order chi connectivity index (χ0) is 29.8. The van der Waals surface area contributed by atoms with Crippen LogP contribution < -0.4 is 16.2 Å². The summed E-state index contributed by atoms with van der Waals surface area (Å²) in [4.78, 5) is 26.0. The van der Waals surface area contributed by atoms with Crippen LogP contribution >= 0.6 is 0 Å². The summed E-state index contributed by atoms with van der Waals surface area (Å²) < 4.78 is 16.9. The Balaban J connectivity index is 1.96. The Labute approximate surface area is 240 Å². The molecule has 1 aromatic carbocycles. The van der Waals surface area contributed by atoms with Crippen molar-refractivity contribution in [1.29, 1.82) is 0 Å². The van der Waals surface area contributed by atoms with Gasteiger partial charge in [0.05, 0.1) is 18.6 Å². The van der Waals surface area contributed by atoms with Crippen molar-refractivity contribution in [2.24, 2.45) is 35.1 Å². The quantitative estimate of drug-likeness (QED) is 0.204. The van der Waals surface area contributed by atoms with Crippen molar-refractivity contribution in [2.45, 2.75) is 91.4 Å². The average molecular weight is 564 g/mol. The Kier molecular flexibility index (Phi) is 14.2. The normalized spacial score (nSPS) is 17.5. The molecule has 1 aromatic rings. The fourth-order valence-electron chi connectivity index (χ4n) is 5.23. The molecule has 228 valence electrons. The number of amides is 2. The number of esters is 1. The topological polar surface area (TPSA) is 137 Å². The Bertz CT molecular complexity index is 916.